The van der Waals surface area contributed by atoms with Crippen molar-refractivity contribution in [2.24, 2.45) is 0 Å². The highest BCUT2D eigenvalue weighted by Crippen LogP contribution is 2.49. The maximum Gasteiger partial charge on any atom is 0.252 e. The molecule has 0 unspecified atom stereocenters. The molecule has 4 aliphatic rings. The maximum atomic E-state index is 2.85. The van der Waals surface area contributed by atoms with E-state index in [1.165, 1.54) is 175 Å². The van der Waals surface area contributed by atoms with Gasteiger partial charge in [0.1, 0.15) is 0 Å². The van der Waals surface area contributed by atoms with Crippen LogP contribution < -0.4 is 37.1 Å². The minimum absolute atomic E-state index is 0.0569. The van der Waals surface area contributed by atoms with Gasteiger partial charge in [0.2, 0.25) is 0 Å². The van der Waals surface area contributed by atoms with Gasteiger partial charge < -0.3 is 13.7 Å². The molecule has 11 aromatic carbocycles. The second-order valence-electron chi connectivity index (χ2n) is 30.1. The van der Waals surface area contributed by atoms with Crippen LogP contribution in [0.4, 0.5) is 0 Å². The Kier molecular flexibility index (Phi) is 9.90. The Morgan fingerprint density at radius 2 is 0.828 bits per heavy atom. The number of fused-ring (bicyclic) bond motifs is 18. The third-order valence-electron chi connectivity index (χ3n) is 21.0. The number of nitrogens with zero attached hydrogens (tertiary/aromatic N) is 3. The number of aromatic nitrogens is 3. The molecule has 3 aromatic heterocycles. The molecule has 420 valence electrons. The predicted octanol–water partition coefficient (Wildman–Crippen LogP) is 16.3. The summed E-state index contributed by atoms with van der Waals surface area (Å²) in [5, 5.41) is 14.1. The van der Waals surface area contributed by atoms with Crippen LogP contribution in [0.2, 0.25) is 0 Å². The van der Waals surface area contributed by atoms with Gasteiger partial charge >= 0.3 is 0 Å². The van der Waals surface area contributed by atoms with Crippen molar-refractivity contribution in [2.75, 3.05) is 0 Å². The highest BCUT2D eigenvalue weighted by molar-refractivity contribution is 7.24. The smallest absolute Gasteiger partial charge is 0.252 e. The normalized spacial score (nSPS) is 14.5. The van der Waals surface area contributed by atoms with Gasteiger partial charge in [-0.2, -0.15) is 0 Å². The van der Waals surface area contributed by atoms with Crippen molar-refractivity contribution in [3.05, 3.63) is 229 Å². The Hall–Kier alpha value is -8.90. The zero-order chi connectivity index (χ0) is 59.3. The third kappa shape index (κ3) is 6.58. The van der Waals surface area contributed by atoms with Crippen molar-refractivity contribution in [1.82, 2.24) is 13.7 Å². The lowest BCUT2D eigenvalue weighted by Gasteiger charge is -2.43. The molecule has 0 saturated heterocycles. The highest BCUT2D eigenvalue weighted by atomic mass is 28.3. The summed E-state index contributed by atoms with van der Waals surface area (Å²) >= 11 is 0. The molecule has 18 rings (SSSR count). The topological polar surface area (TPSA) is 14.8 Å². The zero-order valence-corrected chi connectivity index (χ0v) is 53.0. The number of para-hydroxylation sites is 2. The van der Waals surface area contributed by atoms with E-state index in [2.05, 4.69) is 303 Å². The van der Waals surface area contributed by atoms with E-state index in [1.807, 2.05) is 0 Å². The highest BCUT2D eigenvalue weighted by Gasteiger charge is 2.57. The summed E-state index contributed by atoms with van der Waals surface area (Å²) in [6.45, 7) is 28.9. The minimum Gasteiger partial charge on any atom is -0.310 e. The molecule has 0 amide bonds. The predicted molar refractivity (Wildman–Crippen MR) is 376 cm³/mol. The van der Waals surface area contributed by atoms with Gasteiger partial charge in [0.05, 0.1) is 33.3 Å². The third-order valence-corrected chi connectivity index (χ3v) is 25.8. The van der Waals surface area contributed by atoms with Crippen LogP contribution in [-0.4, -0.2) is 28.5 Å². The van der Waals surface area contributed by atoms with E-state index in [-0.39, 0.29) is 28.4 Å². The van der Waals surface area contributed by atoms with Crippen molar-refractivity contribution >= 4 is 117 Å². The minimum atomic E-state index is -3.24. The average molecular weight is 1140 g/mol. The van der Waals surface area contributed by atoms with E-state index in [9.17, 15) is 0 Å². The van der Waals surface area contributed by atoms with Crippen molar-refractivity contribution in [3.63, 3.8) is 0 Å². The first-order valence-electron chi connectivity index (χ1n) is 31.6. The van der Waals surface area contributed by atoms with Gasteiger partial charge in [0.25, 0.3) is 6.71 Å². The van der Waals surface area contributed by atoms with Crippen LogP contribution in [0, 0.1) is 0 Å². The number of hydrogen-bond acceptors (Lipinski definition) is 0. The Balaban J connectivity index is 1.07. The molecule has 3 nitrogen and oxygen atoms in total. The van der Waals surface area contributed by atoms with E-state index in [4.69, 9.17) is 0 Å². The summed E-state index contributed by atoms with van der Waals surface area (Å²) in [4.78, 5) is 0. The van der Waals surface area contributed by atoms with Crippen LogP contribution in [0.15, 0.2) is 206 Å². The molecule has 4 aliphatic heterocycles. The Bertz CT molecular complexity index is 5360. The number of rotatable bonds is 3. The first-order chi connectivity index (χ1) is 41.7. The van der Waals surface area contributed by atoms with Crippen LogP contribution in [0.5, 0.6) is 0 Å². The second kappa shape index (κ2) is 16.8. The van der Waals surface area contributed by atoms with Gasteiger partial charge in [-0.1, -0.05) is 247 Å². The lowest BCUT2D eigenvalue weighted by molar-refractivity contribution is 0.590. The van der Waals surface area contributed by atoms with Gasteiger partial charge in [-0.05, 0) is 151 Å². The fraction of sp³-hybridized carbons (Fsp3) is 0.195. The van der Waals surface area contributed by atoms with Crippen molar-refractivity contribution in [3.8, 4) is 50.4 Å². The molecule has 0 saturated carbocycles. The molecule has 87 heavy (non-hydrogen) atoms. The van der Waals surface area contributed by atoms with Crippen LogP contribution in [0.25, 0.3) is 116 Å². The van der Waals surface area contributed by atoms with Crippen LogP contribution in [0.1, 0.15) is 105 Å². The number of benzene rings is 11. The molecule has 0 bridgehead atoms. The molecule has 0 aliphatic carbocycles. The standard InChI is InChI=1S/C82H70BN3Si/c1-79(2,3)50-32-35-55-56-36-33-51(80(4,5)6)44-70(56)87(69(55)43-50)68-38-37-65-74-78(68)86-75-59(60-41-53(82(10,11)12)45-71(87)76(60)86)40-52(81(7,8)9)42-61(75)83(74)62-46-67-72(73-58-28-20-22-30-64(58)85(65)77(62)73)57-27-19-21-29-63(57)84(67)66-39-49(47-23-15-13-16-24-47)31-34-54(66)48-25-17-14-18-26-48/h13-46H,1-12H3. The van der Waals surface area contributed by atoms with Crippen molar-refractivity contribution in [1.29, 1.82) is 0 Å². The monoisotopic (exact) mass is 1140 g/mol. The van der Waals surface area contributed by atoms with E-state index in [0.717, 1.165) is 0 Å². The van der Waals surface area contributed by atoms with Crippen LogP contribution in [-0.2, 0) is 21.7 Å². The molecule has 0 N–H and O–H groups in total. The summed E-state index contributed by atoms with van der Waals surface area (Å²) < 4.78 is 8.21. The summed E-state index contributed by atoms with van der Waals surface area (Å²) in [5.74, 6) is 0. The molecule has 7 heterocycles. The summed E-state index contributed by atoms with van der Waals surface area (Å²) in [6, 6.07) is 81.7. The van der Waals surface area contributed by atoms with Gasteiger partial charge in [0.15, 0.2) is 8.07 Å². The van der Waals surface area contributed by atoms with Crippen LogP contribution >= 0.6 is 0 Å². The fourth-order valence-electron chi connectivity index (χ4n) is 16.7. The van der Waals surface area contributed by atoms with E-state index in [0.29, 0.717) is 0 Å². The van der Waals surface area contributed by atoms with E-state index >= 15 is 0 Å². The fourth-order valence-corrected chi connectivity index (χ4v) is 22.4. The van der Waals surface area contributed by atoms with Crippen molar-refractivity contribution < 1.29 is 0 Å². The summed E-state index contributed by atoms with van der Waals surface area (Å²) in [7, 11) is -3.24. The number of hydrogen-bond donors (Lipinski definition) is 0. The maximum absolute atomic E-state index is 3.24. The van der Waals surface area contributed by atoms with Gasteiger partial charge in [-0.25, -0.2) is 0 Å². The lowest BCUT2D eigenvalue weighted by atomic mass is 9.34. The average Bonchev–Trinajstić information content (AvgIpc) is 1.53. The zero-order valence-electron chi connectivity index (χ0n) is 52.0. The molecule has 0 atom stereocenters. The summed E-state index contributed by atoms with van der Waals surface area (Å²) in [6.07, 6.45) is 0. The first-order valence-corrected chi connectivity index (χ1v) is 33.6. The molecule has 0 radical (unpaired) electrons. The molecular formula is C82H70BN3Si. The van der Waals surface area contributed by atoms with Gasteiger partial charge in [-0.15, -0.1) is 0 Å². The molecular weight excluding hydrogens is 1070 g/mol. The first kappa shape index (κ1) is 51.3. The Labute approximate surface area is 511 Å². The lowest BCUT2D eigenvalue weighted by Crippen LogP contribution is -2.77. The summed E-state index contributed by atoms with van der Waals surface area (Å²) in [5.41, 5.74) is 28.7. The van der Waals surface area contributed by atoms with E-state index in [1.54, 1.807) is 0 Å². The quantitative estimate of drug-likeness (QED) is 0.157. The molecule has 0 fully saturated rings. The van der Waals surface area contributed by atoms with Gasteiger partial charge in [-0.3, -0.25) is 0 Å². The van der Waals surface area contributed by atoms with Gasteiger partial charge in [0, 0.05) is 54.8 Å². The SMILES string of the molecule is CC(C)(C)c1ccc2c(c1)[Si]1(c3cc(C(C)(C)C)ccc3-2)c2ccc3c4c2-n2c5c(cc(C(C)(C)C)cc5c5cc(C(C)(C)C)cc1c52)B4c1cc2c(c4ccccc4n2-c2cc(-c4ccccc4)ccc2-c2ccccc2)c2c4ccccc4n-3c12. The largest absolute Gasteiger partial charge is 0.310 e. The second-order valence-corrected chi connectivity index (χ2v) is 33.7. The van der Waals surface area contributed by atoms with Crippen molar-refractivity contribution in [2.45, 2.75) is 105 Å². The Morgan fingerprint density at radius 3 is 1.45 bits per heavy atom. The Morgan fingerprint density at radius 1 is 0.310 bits per heavy atom. The van der Waals surface area contributed by atoms with Crippen LogP contribution in [0.3, 0.4) is 0 Å². The molecule has 14 aromatic rings. The molecule has 1 spiro atoms. The molecule has 5 heteroatoms. The van der Waals surface area contributed by atoms with E-state index < -0.39 is 8.07 Å².